The van der Waals surface area contributed by atoms with Crippen molar-refractivity contribution in [1.82, 2.24) is 0 Å². The van der Waals surface area contributed by atoms with Crippen molar-refractivity contribution in [3.05, 3.63) is 65.2 Å². The Balaban J connectivity index is 2.02. The molecule has 0 atom stereocenters. The van der Waals surface area contributed by atoms with Gasteiger partial charge in [0.2, 0.25) is 5.91 Å². The first-order valence-electron chi connectivity index (χ1n) is 7.24. The lowest BCUT2D eigenvalue weighted by atomic mass is 9.86. The first-order chi connectivity index (χ1) is 10.1. The predicted octanol–water partition coefficient (Wildman–Crippen LogP) is 2.97. The van der Waals surface area contributed by atoms with Crippen LogP contribution in [0.3, 0.4) is 0 Å². The predicted molar refractivity (Wildman–Crippen MR) is 85.0 cm³/mol. The summed E-state index contributed by atoms with van der Waals surface area (Å²) in [5, 5.41) is 0. The third-order valence-corrected chi connectivity index (χ3v) is 4.31. The van der Waals surface area contributed by atoms with Gasteiger partial charge in [0.25, 0.3) is 0 Å². The van der Waals surface area contributed by atoms with Crippen molar-refractivity contribution in [3.63, 3.8) is 0 Å². The number of rotatable bonds is 3. The van der Waals surface area contributed by atoms with Gasteiger partial charge in [0.15, 0.2) is 0 Å². The average Bonchev–Trinajstić information content (AvgIpc) is 2.69. The summed E-state index contributed by atoms with van der Waals surface area (Å²) in [7, 11) is 0. The topological polar surface area (TPSA) is 46.3 Å². The minimum Gasteiger partial charge on any atom is -0.326 e. The van der Waals surface area contributed by atoms with Crippen LogP contribution in [0.1, 0.15) is 30.5 Å². The number of benzene rings is 2. The molecule has 21 heavy (non-hydrogen) atoms. The first kappa shape index (κ1) is 13.8. The van der Waals surface area contributed by atoms with Crippen LogP contribution in [0.5, 0.6) is 0 Å². The Labute approximate surface area is 125 Å². The van der Waals surface area contributed by atoms with Gasteiger partial charge in [0.1, 0.15) is 0 Å². The molecule has 0 spiro atoms. The molecule has 0 saturated heterocycles. The highest BCUT2D eigenvalue weighted by Crippen LogP contribution is 2.42. The van der Waals surface area contributed by atoms with Gasteiger partial charge >= 0.3 is 0 Å². The highest BCUT2D eigenvalue weighted by molar-refractivity contribution is 6.07. The SMILES string of the molecule is CC1(C)C(=O)N(Cc2ccccc2CN)c2ccccc21. The minimum atomic E-state index is -0.464. The highest BCUT2D eigenvalue weighted by atomic mass is 16.2. The van der Waals surface area contributed by atoms with Crippen molar-refractivity contribution in [2.45, 2.75) is 32.4 Å². The summed E-state index contributed by atoms with van der Waals surface area (Å²) in [4.78, 5) is 14.7. The van der Waals surface area contributed by atoms with E-state index in [9.17, 15) is 4.79 Å². The fourth-order valence-corrected chi connectivity index (χ4v) is 3.04. The molecule has 0 saturated carbocycles. The summed E-state index contributed by atoms with van der Waals surface area (Å²) in [6.45, 7) is 5.04. The monoisotopic (exact) mass is 280 g/mol. The van der Waals surface area contributed by atoms with Crippen LogP contribution in [-0.4, -0.2) is 5.91 Å². The van der Waals surface area contributed by atoms with Crippen LogP contribution < -0.4 is 10.6 Å². The molecular formula is C18H20N2O. The van der Waals surface area contributed by atoms with Crippen molar-refractivity contribution in [2.24, 2.45) is 5.73 Å². The van der Waals surface area contributed by atoms with Gasteiger partial charge in [-0.05, 0) is 36.6 Å². The maximum Gasteiger partial charge on any atom is 0.237 e. The van der Waals surface area contributed by atoms with E-state index in [1.807, 2.05) is 67.3 Å². The second kappa shape index (κ2) is 5.01. The molecule has 1 aliphatic rings. The summed E-state index contributed by atoms with van der Waals surface area (Å²) in [6.07, 6.45) is 0. The lowest BCUT2D eigenvalue weighted by Crippen LogP contribution is -2.36. The van der Waals surface area contributed by atoms with Crippen LogP contribution in [0.25, 0.3) is 0 Å². The molecule has 2 N–H and O–H groups in total. The Hall–Kier alpha value is -2.13. The van der Waals surface area contributed by atoms with E-state index in [2.05, 4.69) is 0 Å². The van der Waals surface area contributed by atoms with Crippen molar-refractivity contribution in [3.8, 4) is 0 Å². The lowest BCUT2D eigenvalue weighted by molar-refractivity contribution is -0.122. The van der Waals surface area contributed by atoms with Crippen LogP contribution in [-0.2, 0) is 23.3 Å². The van der Waals surface area contributed by atoms with E-state index >= 15 is 0 Å². The zero-order valence-electron chi connectivity index (χ0n) is 12.5. The number of hydrogen-bond acceptors (Lipinski definition) is 2. The molecule has 0 aliphatic carbocycles. The standard InChI is InChI=1S/C18H20N2O/c1-18(2)15-9-5-6-10-16(15)20(17(18)21)12-14-8-4-3-7-13(14)11-19/h3-10H,11-12,19H2,1-2H3. The van der Waals surface area contributed by atoms with E-state index in [1.165, 1.54) is 0 Å². The third kappa shape index (κ3) is 2.14. The zero-order chi connectivity index (χ0) is 15.0. The third-order valence-electron chi connectivity index (χ3n) is 4.31. The maximum atomic E-state index is 12.8. The maximum absolute atomic E-state index is 12.8. The normalized spacial score (nSPS) is 16.1. The number of para-hydroxylation sites is 1. The van der Waals surface area contributed by atoms with E-state index in [4.69, 9.17) is 5.73 Å². The van der Waals surface area contributed by atoms with E-state index in [-0.39, 0.29) is 5.91 Å². The van der Waals surface area contributed by atoms with Crippen LogP contribution in [0.15, 0.2) is 48.5 Å². The number of fused-ring (bicyclic) bond motifs is 1. The number of hydrogen-bond donors (Lipinski definition) is 1. The molecule has 0 bridgehead atoms. The second-order valence-electron chi connectivity index (χ2n) is 6.01. The minimum absolute atomic E-state index is 0.149. The molecule has 1 aliphatic heterocycles. The van der Waals surface area contributed by atoms with Gasteiger partial charge in [-0.2, -0.15) is 0 Å². The number of amides is 1. The van der Waals surface area contributed by atoms with Crippen molar-refractivity contribution in [1.29, 1.82) is 0 Å². The van der Waals surface area contributed by atoms with Gasteiger partial charge in [-0.1, -0.05) is 42.5 Å². The summed E-state index contributed by atoms with van der Waals surface area (Å²) in [5.41, 5.74) is 9.65. The fraction of sp³-hybridized carbons (Fsp3) is 0.278. The summed E-state index contributed by atoms with van der Waals surface area (Å²) >= 11 is 0. The molecular weight excluding hydrogens is 260 g/mol. The van der Waals surface area contributed by atoms with Gasteiger partial charge < -0.3 is 10.6 Å². The molecule has 1 amide bonds. The molecule has 108 valence electrons. The molecule has 0 radical (unpaired) electrons. The van der Waals surface area contributed by atoms with Crippen molar-refractivity contribution in [2.75, 3.05) is 4.90 Å². The number of carbonyl (C=O) groups excluding carboxylic acids is 1. The number of anilines is 1. The summed E-state index contributed by atoms with van der Waals surface area (Å²) in [5.74, 6) is 0.149. The van der Waals surface area contributed by atoms with Gasteiger partial charge in [-0.15, -0.1) is 0 Å². The second-order valence-corrected chi connectivity index (χ2v) is 6.01. The fourth-order valence-electron chi connectivity index (χ4n) is 3.04. The first-order valence-corrected chi connectivity index (χ1v) is 7.24. The molecule has 2 aromatic carbocycles. The quantitative estimate of drug-likeness (QED) is 0.939. The van der Waals surface area contributed by atoms with E-state index < -0.39 is 5.41 Å². The van der Waals surface area contributed by atoms with Crippen LogP contribution in [0.4, 0.5) is 5.69 Å². The molecule has 3 heteroatoms. The molecule has 2 aromatic rings. The van der Waals surface area contributed by atoms with E-state index in [0.29, 0.717) is 13.1 Å². The van der Waals surface area contributed by atoms with Crippen LogP contribution in [0.2, 0.25) is 0 Å². The average molecular weight is 280 g/mol. The zero-order valence-corrected chi connectivity index (χ0v) is 12.5. The van der Waals surface area contributed by atoms with E-state index in [1.54, 1.807) is 0 Å². The Morgan fingerprint density at radius 2 is 1.62 bits per heavy atom. The Morgan fingerprint density at radius 3 is 2.33 bits per heavy atom. The van der Waals surface area contributed by atoms with Gasteiger partial charge in [-0.3, -0.25) is 4.79 Å². The highest BCUT2D eigenvalue weighted by Gasteiger charge is 2.43. The van der Waals surface area contributed by atoms with E-state index in [0.717, 1.165) is 22.4 Å². The number of nitrogens with two attached hydrogens (primary N) is 1. The molecule has 0 fully saturated rings. The largest absolute Gasteiger partial charge is 0.326 e. The van der Waals surface area contributed by atoms with Gasteiger partial charge in [-0.25, -0.2) is 0 Å². The van der Waals surface area contributed by atoms with Gasteiger partial charge in [0, 0.05) is 12.2 Å². The number of nitrogens with zero attached hydrogens (tertiary/aromatic N) is 1. The van der Waals surface area contributed by atoms with Gasteiger partial charge in [0.05, 0.1) is 12.0 Å². The van der Waals surface area contributed by atoms with Crippen molar-refractivity contribution >= 4 is 11.6 Å². The molecule has 1 heterocycles. The molecule has 3 rings (SSSR count). The Kier molecular flexibility index (Phi) is 3.30. The van der Waals surface area contributed by atoms with Crippen molar-refractivity contribution < 1.29 is 4.79 Å². The lowest BCUT2D eigenvalue weighted by Gasteiger charge is -2.21. The summed E-state index contributed by atoms with van der Waals surface area (Å²) in [6, 6.07) is 16.1. The summed E-state index contributed by atoms with van der Waals surface area (Å²) < 4.78 is 0. The van der Waals surface area contributed by atoms with Crippen LogP contribution in [0, 0.1) is 0 Å². The number of carbonyl (C=O) groups is 1. The Morgan fingerprint density at radius 1 is 1.00 bits per heavy atom. The van der Waals surface area contributed by atoms with Crippen LogP contribution >= 0.6 is 0 Å². The molecule has 3 nitrogen and oxygen atoms in total. The molecule has 0 aromatic heterocycles. The smallest absolute Gasteiger partial charge is 0.237 e. The Bertz CT molecular complexity index is 691. The molecule has 0 unspecified atom stereocenters.